The van der Waals surface area contributed by atoms with Gasteiger partial charge in [-0.2, -0.15) is 15.4 Å². The maximum absolute atomic E-state index is 12.8. The molecule has 1 aromatic heterocycles. The highest BCUT2D eigenvalue weighted by Gasteiger charge is 2.36. The number of benzene rings is 1. The second-order valence-corrected chi connectivity index (χ2v) is 10.1. The van der Waals surface area contributed by atoms with Gasteiger partial charge in [0.15, 0.2) is 0 Å². The molecule has 1 fully saturated rings. The predicted octanol–water partition coefficient (Wildman–Crippen LogP) is 3.26. The number of nitrogens with one attached hydrogen (secondary N) is 1. The molecule has 148 valence electrons. The van der Waals surface area contributed by atoms with Crippen LogP contribution in [0.5, 0.6) is 5.75 Å². The zero-order valence-electron chi connectivity index (χ0n) is 15.2. The maximum Gasteiger partial charge on any atom is 0.215 e. The van der Waals surface area contributed by atoms with Crippen LogP contribution in [0.3, 0.4) is 0 Å². The number of hydrogen-bond acceptors (Lipinski definition) is 5. The van der Waals surface area contributed by atoms with E-state index in [1.54, 1.807) is 24.4 Å². The number of nitrogens with zero attached hydrogens (tertiary/aromatic N) is 3. The smallest absolute Gasteiger partial charge is 0.215 e. The van der Waals surface area contributed by atoms with Crippen LogP contribution in [0, 0.1) is 0 Å². The third-order valence-corrected chi connectivity index (χ3v) is 7.62. The second kappa shape index (κ2) is 7.95. The summed E-state index contributed by atoms with van der Waals surface area (Å²) in [6, 6.07) is 5.12. The van der Waals surface area contributed by atoms with Crippen molar-refractivity contribution in [1.29, 1.82) is 0 Å². The summed E-state index contributed by atoms with van der Waals surface area (Å²) in [7, 11) is -3.42. The lowest BCUT2D eigenvalue weighted by Crippen LogP contribution is -2.45. The van der Waals surface area contributed by atoms with E-state index < -0.39 is 15.4 Å². The zero-order valence-corrected chi connectivity index (χ0v) is 17.5. The molecule has 1 saturated heterocycles. The summed E-state index contributed by atoms with van der Waals surface area (Å²) in [6.07, 6.45) is 2.73. The van der Waals surface area contributed by atoms with Gasteiger partial charge in [0.25, 0.3) is 0 Å². The molecule has 0 bridgehead atoms. The molecular formula is C17H22Cl2N4O3S. The van der Waals surface area contributed by atoms with E-state index in [2.05, 4.69) is 15.4 Å². The van der Waals surface area contributed by atoms with Gasteiger partial charge in [-0.25, -0.2) is 12.7 Å². The lowest BCUT2D eigenvalue weighted by Gasteiger charge is -2.33. The highest BCUT2D eigenvalue weighted by molar-refractivity contribution is 7.89. The molecule has 0 unspecified atom stereocenters. The summed E-state index contributed by atoms with van der Waals surface area (Å²) in [5.41, 5.74) is 0.00287. The van der Waals surface area contributed by atoms with Crippen LogP contribution in [0.25, 0.3) is 0 Å². The van der Waals surface area contributed by atoms with Crippen molar-refractivity contribution >= 4 is 33.2 Å². The Hall–Kier alpha value is -1.35. The summed E-state index contributed by atoms with van der Waals surface area (Å²) in [4.78, 5) is 0. The van der Waals surface area contributed by atoms with Crippen molar-refractivity contribution in [3.63, 3.8) is 0 Å². The highest BCUT2D eigenvalue weighted by Crippen LogP contribution is 2.29. The van der Waals surface area contributed by atoms with Gasteiger partial charge < -0.3 is 4.74 Å². The third-order valence-electron chi connectivity index (χ3n) is 4.64. The number of sulfonamides is 1. The molecule has 3 rings (SSSR count). The lowest BCUT2D eigenvalue weighted by atomic mass is 9.93. The number of H-pyrrole nitrogens is 1. The summed E-state index contributed by atoms with van der Waals surface area (Å²) in [5, 5.41) is 11.2. The van der Waals surface area contributed by atoms with Crippen molar-refractivity contribution < 1.29 is 13.2 Å². The Morgan fingerprint density at radius 1 is 1.26 bits per heavy atom. The highest BCUT2D eigenvalue weighted by atomic mass is 35.5. The van der Waals surface area contributed by atoms with E-state index >= 15 is 0 Å². The molecular weight excluding hydrogens is 411 g/mol. The Morgan fingerprint density at radius 2 is 1.96 bits per heavy atom. The number of piperidine rings is 1. The largest absolute Gasteiger partial charge is 0.490 e. The summed E-state index contributed by atoms with van der Waals surface area (Å²) >= 11 is 11.9. The predicted molar refractivity (Wildman–Crippen MR) is 105 cm³/mol. The molecule has 2 aromatic rings. The number of aromatic amines is 1. The number of ether oxygens (including phenoxy) is 1. The summed E-state index contributed by atoms with van der Waals surface area (Å²) in [5.74, 6) is 0.614. The fraction of sp³-hybridized carbons (Fsp3) is 0.529. The van der Waals surface area contributed by atoms with Gasteiger partial charge in [0.1, 0.15) is 11.9 Å². The normalized spacial score (nSPS) is 17.2. The van der Waals surface area contributed by atoms with Gasteiger partial charge in [-0.05, 0) is 25.0 Å². The monoisotopic (exact) mass is 432 g/mol. The Labute approximate surface area is 169 Å². The van der Waals surface area contributed by atoms with E-state index in [1.807, 2.05) is 13.8 Å². The van der Waals surface area contributed by atoms with Gasteiger partial charge in [-0.15, -0.1) is 0 Å². The summed E-state index contributed by atoms with van der Waals surface area (Å²) < 4.78 is 33.1. The van der Waals surface area contributed by atoms with Gasteiger partial charge in [0.2, 0.25) is 10.0 Å². The Bertz CT molecular complexity index is 880. The van der Waals surface area contributed by atoms with Crippen molar-refractivity contribution in [2.45, 2.75) is 38.2 Å². The molecule has 0 amide bonds. The molecule has 0 atom stereocenters. The van der Waals surface area contributed by atoms with Crippen LogP contribution in [0.1, 0.15) is 32.4 Å². The van der Waals surface area contributed by atoms with Crippen LogP contribution in [0.2, 0.25) is 10.0 Å². The van der Waals surface area contributed by atoms with Crippen LogP contribution < -0.4 is 4.74 Å². The zero-order chi connectivity index (χ0) is 19.7. The average Bonchev–Trinajstić information content (AvgIpc) is 3.13. The first-order chi connectivity index (χ1) is 12.7. The minimum Gasteiger partial charge on any atom is -0.490 e. The van der Waals surface area contributed by atoms with Gasteiger partial charge in [0, 0.05) is 24.6 Å². The number of hydrogen-bond donors (Lipinski definition) is 1. The molecule has 0 spiro atoms. The van der Waals surface area contributed by atoms with E-state index in [0.717, 1.165) is 0 Å². The number of aromatic nitrogens is 3. The van der Waals surface area contributed by atoms with E-state index in [4.69, 9.17) is 27.9 Å². The molecule has 1 aliphatic rings. The first-order valence-electron chi connectivity index (χ1n) is 8.63. The molecule has 1 aliphatic heterocycles. The van der Waals surface area contributed by atoms with E-state index in [0.29, 0.717) is 47.4 Å². The van der Waals surface area contributed by atoms with Crippen LogP contribution in [0.15, 0.2) is 24.4 Å². The Balaban J connectivity index is 1.58. The molecule has 1 N–H and O–H groups in total. The molecule has 0 radical (unpaired) electrons. The standard InChI is InChI=1S/C17H22Cl2N4O3S/c1-17(2,16-10-20-22-21-16)11-27(24,25)23-7-5-12(6-8-23)26-13-3-4-14(18)15(19)9-13/h3-4,9-10,12H,5-8,11H2,1-2H3,(H,20,21,22). The molecule has 7 nitrogen and oxygen atoms in total. The number of rotatable bonds is 6. The van der Waals surface area contributed by atoms with E-state index in [1.165, 1.54) is 4.31 Å². The third kappa shape index (κ3) is 4.93. The van der Waals surface area contributed by atoms with Gasteiger partial charge in [-0.1, -0.05) is 37.0 Å². The van der Waals surface area contributed by atoms with Crippen molar-refractivity contribution in [2.24, 2.45) is 0 Å². The van der Waals surface area contributed by atoms with E-state index in [-0.39, 0.29) is 11.9 Å². The van der Waals surface area contributed by atoms with Crippen molar-refractivity contribution in [3.05, 3.63) is 40.1 Å². The van der Waals surface area contributed by atoms with Crippen LogP contribution in [-0.2, 0) is 15.4 Å². The van der Waals surface area contributed by atoms with Crippen molar-refractivity contribution in [1.82, 2.24) is 19.7 Å². The first-order valence-corrected chi connectivity index (χ1v) is 11.0. The quantitative estimate of drug-likeness (QED) is 0.756. The SMILES string of the molecule is CC(C)(CS(=O)(=O)N1CCC(Oc2ccc(Cl)c(Cl)c2)CC1)c1cn[nH]n1. The number of halogens is 2. The van der Waals surface area contributed by atoms with Crippen LogP contribution in [0.4, 0.5) is 0 Å². The topological polar surface area (TPSA) is 88.2 Å². The molecule has 0 aliphatic carbocycles. The minimum atomic E-state index is -3.42. The molecule has 0 saturated carbocycles. The van der Waals surface area contributed by atoms with Gasteiger partial charge in [-0.3, -0.25) is 0 Å². The van der Waals surface area contributed by atoms with E-state index in [9.17, 15) is 8.42 Å². The molecule has 27 heavy (non-hydrogen) atoms. The molecule has 10 heteroatoms. The average molecular weight is 433 g/mol. The fourth-order valence-electron chi connectivity index (χ4n) is 3.12. The lowest BCUT2D eigenvalue weighted by molar-refractivity contribution is 0.135. The Morgan fingerprint density at radius 3 is 2.56 bits per heavy atom. The maximum atomic E-state index is 12.8. The van der Waals surface area contributed by atoms with Gasteiger partial charge in [0.05, 0.1) is 27.7 Å². The van der Waals surface area contributed by atoms with Crippen LogP contribution >= 0.6 is 23.2 Å². The second-order valence-electron chi connectivity index (χ2n) is 7.29. The van der Waals surface area contributed by atoms with Crippen molar-refractivity contribution in [3.8, 4) is 5.75 Å². The van der Waals surface area contributed by atoms with Crippen molar-refractivity contribution in [2.75, 3.05) is 18.8 Å². The molecule has 1 aromatic carbocycles. The Kier molecular flexibility index (Phi) is 6.00. The molecule has 2 heterocycles. The first kappa shape index (κ1) is 20.4. The fourth-order valence-corrected chi connectivity index (χ4v) is 5.42. The van der Waals surface area contributed by atoms with Crippen LogP contribution in [-0.4, -0.2) is 53.1 Å². The summed E-state index contributed by atoms with van der Waals surface area (Å²) in [6.45, 7) is 4.54. The van der Waals surface area contributed by atoms with Gasteiger partial charge >= 0.3 is 0 Å². The minimum absolute atomic E-state index is 0.0230.